The molecule has 1 N–H and O–H groups in total. The largest absolute Gasteiger partial charge is 0.337 e. The molecule has 0 bridgehead atoms. The summed E-state index contributed by atoms with van der Waals surface area (Å²) in [5.41, 5.74) is 1.18. The lowest BCUT2D eigenvalue weighted by Crippen LogP contribution is -2.47. The van der Waals surface area contributed by atoms with Gasteiger partial charge in [0.1, 0.15) is 5.82 Å². The van der Waals surface area contributed by atoms with Crippen molar-refractivity contribution in [2.75, 3.05) is 6.54 Å². The van der Waals surface area contributed by atoms with Crippen molar-refractivity contribution in [3.63, 3.8) is 0 Å². The number of hydrogen-bond donors (Lipinski definition) is 1. The molecule has 0 radical (unpaired) electrons. The molecule has 24 heavy (non-hydrogen) atoms. The van der Waals surface area contributed by atoms with Gasteiger partial charge in [-0.25, -0.2) is 4.98 Å². The Morgan fingerprint density at radius 3 is 2.83 bits per heavy atom. The van der Waals surface area contributed by atoms with Crippen molar-refractivity contribution >= 4 is 5.91 Å². The number of piperidine rings is 1. The first kappa shape index (κ1) is 16.7. The van der Waals surface area contributed by atoms with Gasteiger partial charge in [-0.05, 0) is 25.8 Å². The first-order valence-corrected chi connectivity index (χ1v) is 8.70. The van der Waals surface area contributed by atoms with Crippen LogP contribution < -0.4 is 5.32 Å². The van der Waals surface area contributed by atoms with E-state index in [9.17, 15) is 4.79 Å². The molecule has 2 aromatic rings. The molecule has 1 atom stereocenters. The number of amides is 1. The Hall–Kier alpha value is -2.14. The third-order valence-corrected chi connectivity index (χ3v) is 4.57. The Morgan fingerprint density at radius 2 is 2.08 bits per heavy atom. The highest BCUT2D eigenvalue weighted by Crippen LogP contribution is 2.16. The van der Waals surface area contributed by atoms with Crippen LogP contribution in [-0.4, -0.2) is 32.9 Å². The van der Waals surface area contributed by atoms with Gasteiger partial charge in [0.2, 0.25) is 5.91 Å². The maximum absolute atomic E-state index is 12.2. The van der Waals surface area contributed by atoms with Crippen molar-refractivity contribution in [2.24, 2.45) is 0 Å². The Labute approximate surface area is 143 Å². The number of nitrogens with one attached hydrogen (secondary N) is 1. The van der Waals surface area contributed by atoms with Crippen LogP contribution in [0.5, 0.6) is 0 Å². The Kier molecular flexibility index (Phi) is 5.30. The minimum atomic E-state index is 0.251. The number of likely N-dealkylation sites (tertiary alicyclic amines) is 1. The van der Waals surface area contributed by atoms with Gasteiger partial charge >= 0.3 is 0 Å². The lowest BCUT2D eigenvalue weighted by Gasteiger charge is -2.33. The van der Waals surface area contributed by atoms with Crippen LogP contribution >= 0.6 is 0 Å². The number of rotatable bonds is 6. The molecule has 5 nitrogen and oxygen atoms in total. The summed E-state index contributed by atoms with van der Waals surface area (Å²) >= 11 is 0. The lowest BCUT2D eigenvalue weighted by atomic mass is 10.0. The maximum Gasteiger partial charge on any atom is 0.222 e. The smallest absolute Gasteiger partial charge is 0.222 e. The third kappa shape index (κ3) is 4.03. The summed E-state index contributed by atoms with van der Waals surface area (Å²) in [6, 6.07) is 10.9. The summed E-state index contributed by atoms with van der Waals surface area (Å²) < 4.78 is 2.18. The second kappa shape index (κ2) is 7.62. The highest BCUT2D eigenvalue weighted by Gasteiger charge is 2.25. The van der Waals surface area contributed by atoms with Crippen LogP contribution in [0, 0.1) is 0 Å². The average molecular weight is 326 g/mol. The van der Waals surface area contributed by atoms with E-state index in [-0.39, 0.29) is 5.91 Å². The Balaban J connectivity index is 1.57. The van der Waals surface area contributed by atoms with Gasteiger partial charge in [-0.15, -0.1) is 0 Å². The van der Waals surface area contributed by atoms with Crippen molar-refractivity contribution in [3.8, 4) is 0 Å². The van der Waals surface area contributed by atoms with Crippen LogP contribution in [0.15, 0.2) is 42.7 Å². The molecule has 0 unspecified atom stereocenters. The molecule has 1 aliphatic rings. The van der Waals surface area contributed by atoms with E-state index >= 15 is 0 Å². The van der Waals surface area contributed by atoms with Gasteiger partial charge < -0.3 is 14.8 Å². The van der Waals surface area contributed by atoms with E-state index < -0.39 is 0 Å². The number of hydrogen-bond acceptors (Lipinski definition) is 3. The molecule has 128 valence electrons. The predicted octanol–water partition coefficient (Wildman–Crippen LogP) is 2.74. The van der Waals surface area contributed by atoms with E-state index in [0.29, 0.717) is 25.0 Å². The highest BCUT2D eigenvalue weighted by atomic mass is 16.2. The molecular formula is C19H26N4O. The SMILES string of the molecule is CC(C)n1ccnc1CN[C@H]1CCC(=O)N(Cc2ccccc2)C1. The molecule has 2 heterocycles. The van der Waals surface area contributed by atoms with Crippen molar-refractivity contribution in [1.29, 1.82) is 0 Å². The summed E-state index contributed by atoms with van der Waals surface area (Å²) in [5, 5.41) is 3.58. The summed E-state index contributed by atoms with van der Waals surface area (Å²) in [6.45, 7) is 6.51. The standard InChI is InChI=1S/C19H26N4O/c1-15(2)23-11-10-20-18(23)12-21-17-8-9-19(24)22(14-17)13-16-6-4-3-5-7-16/h3-7,10-11,15,17,21H,8-9,12-14H2,1-2H3/t17-/m0/s1. The normalized spacial score (nSPS) is 18.4. The minimum Gasteiger partial charge on any atom is -0.337 e. The molecule has 1 amide bonds. The van der Waals surface area contributed by atoms with Crippen molar-refractivity contribution in [2.45, 2.75) is 51.9 Å². The summed E-state index contributed by atoms with van der Waals surface area (Å²) in [7, 11) is 0. The molecule has 0 saturated carbocycles. The van der Waals surface area contributed by atoms with Crippen LogP contribution in [0.3, 0.4) is 0 Å². The zero-order valence-corrected chi connectivity index (χ0v) is 14.5. The van der Waals surface area contributed by atoms with E-state index in [4.69, 9.17) is 0 Å². The molecule has 3 rings (SSSR count). The number of carbonyl (C=O) groups excluding carboxylic acids is 1. The average Bonchev–Trinajstić information content (AvgIpc) is 3.05. The molecular weight excluding hydrogens is 300 g/mol. The van der Waals surface area contributed by atoms with Crippen molar-refractivity contribution in [1.82, 2.24) is 19.8 Å². The molecule has 0 aliphatic carbocycles. The van der Waals surface area contributed by atoms with E-state index in [1.165, 1.54) is 5.56 Å². The summed E-state index contributed by atoms with van der Waals surface area (Å²) in [4.78, 5) is 18.6. The van der Waals surface area contributed by atoms with Crippen molar-refractivity contribution in [3.05, 3.63) is 54.1 Å². The Bertz CT molecular complexity index is 665. The van der Waals surface area contributed by atoms with Gasteiger partial charge in [-0.2, -0.15) is 0 Å². The Morgan fingerprint density at radius 1 is 1.29 bits per heavy atom. The van der Waals surface area contributed by atoms with E-state index in [1.807, 2.05) is 35.5 Å². The number of nitrogens with zero attached hydrogens (tertiary/aromatic N) is 3. The van der Waals surface area contributed by atoms with Gasteiger partial charge in [0.05, 0.1) is 6.54 Å². The van der Waals surface area contributed by atoms with E-state index in [1.54, 1.807) is 0 Å². The molecule has 1 aromatic carbocycles. The fraction of sp³-hybridized carbons (Fsp3) is 0.474. The van der Waals surface area contributed by atoms with E-state index in [2.05, 4.69) is 40.8 Å². The van der Waals surface area contributed by atoms with Gasteiger partial charge in [0.15, 0.2) is 0 Å². The molecule has 1 aromatic heterocycles. The fourth-order valence-corrected chi connectivity index (χ4v) is 3.22. The first-order valence-electron chi connectivity index (χ1n) is 8.70. The summed E-state index contributed by atoms with van der Waals surface area (Å²) in [6.07, 6.45) is 5.38. The van der Waals surface area contributed by atoms with Crippen LogP contribution in [0.25, 0.3) is 0 Å². The van der Waals surface area contributed by atoms with Gasteiger partial charge in [-0.1, -0.05) is 30.3 Å². The fourth-order valence-electron chi connectivity index (χ4n) is 3.22. The number of benzene rings is 1. The van der Waals surface area contributed by atoms with E-state index in [0.717, 1.165) is 25.3 Å². The second-order valence-electron chi connectivity index (χ2n) is 6.72. The van der Waals surface area contributed by atoms with Gasteiger partial charge in [-0.3, -0.25) is 4.79 Å². The van der Waals surface area contributed by atoms with Gasteiger partial charge in [0, 0.05) is 44.0 Å². The number of aromatic nitrogens is 2. The zero-order valence-electron chi connectivity index (χ0n) is 14.5. The van der Waals surface area contributed by atoms with Crippen LogP contribution in [-0.2, 0) is 17.9 Å². The molecule has 1 saturated heterocycles. The first-order chi connectivity index (χ1) is 11.6. The zero-order chi connectivity index (χ0) is 16.9. The minimum absolute atomic E-state index is 0.251. The molecule has 1 aliphatic heterocycles. The summed E-state index contributed by atoms with van der Waals surface area (Å²) in [5.74, 6) is 1.30. The lowest BCUT2D eigenvalue weighted by molar-refractivity contribution is -0.134. The molecule has 5 heteroatoms. The third-order valence-electron chi connectivity index (χ3n) is 4.57. The quantitative estimate of drug-likeness (QED) is 0.888. The highest BCUT2D eigenvalue weighted by molar-refractivity contribution is 5.77. The number of carbonyl (C=O) groups is 1. The second-order valence-corrected chi connectivity index (χ2v) is 6.72. The van der Waals surface area contributed by atoms with Crippen LogP contribution in [0.2, 0.25) is 0 Å². The number of imidazole rings is 1. The molecule has 0 spiro atoms. The topological polar surface area (TPSA) is 50.2 Å². The monoisotopic (exact) mass is 326 g/mol. The van der Waals surface area contributed by atoms with Gasteiger partial charge in [0.25, 0.3) is 0 Å². The molecule has 1 fully saturated rings. The van der Waals surface area contributed by atoms with Crippen molar-refractivity contribution < 1.29 is 4.79 Å². The van der Waals surface area contributed by atoms with Crippen LogP contribution in [0.4, 0.5) is 0 Å². The van der Waals surface area contributed by atoms with Crippen LogP contribution in [0.1, 0.15) is 44.1 Å². The predicted molar refractivity (Wildman–Crippen MR) is 94.3 cm³/mol. The maximum atomic E-state index is 12.2.